The van der Waals surface area contributed by atoms with E-state index in [-0.39, 0.29) is 31.0 Å². The normalized spacial score (nSPS) is 26.2. The summed E-state index contributed by atoms with van der Waals surface area (Å²) in [6, 6.07) is 2.07. The van der Waals surface area contributed by atoms with Crippen LogP contribution < -0.4 is 11.3 Å². The minimum Gasteiger partial charge on any atom is -0.425 e. The van der Waals surface area contributed by atoms with E-state index in [9.17, 15) is 14.6 Å². The summed E-state index contributed by atoms with van der Waals surface area (Å²) in [5.41, 5.74) is 5.49. The van der Waals surface area contributed by atoms with Gasteiger partial charge in [-0.05, 0) is 19.4 Å². The lowest BCUT2D eigenvalue weighted by atomic mass is 9.80. The van der Waals surface area contributed by atoms with Crippen LogP contribution in [0.5, 0.6) is 0 Å². The van der Waals surface area contributed by atoms with Crippen molar-refractivity contribution in [2.45, 2.75) is 19.9 Å². The van der Waals surface area contributed by atoms with Gasteiger partial charge in [0.05, 0.1) is 30.5 Å². The fourth-order valence-corrected chi connectivity index (χ4v) is 4.86. The molecular weight excluding hydrogens is 399 g/mol. The Bertz CT molecular complexity index is 1180. The first-order valence-corrected chi connectivity index (χ1v) is 10.6. The van der Waals surface area contributed by atoms with Crippen LogP contribution in [0, 0.1) is 16.7 Å². The molecule has 4 rings (SSSR count). The number of nitrogens with one attached hydrogen (secondary N) is 1. The van der Waals surface area contributed by atoms with E-state index >= 15 is 0 Å². The number of aromatic nitrogens is 4. The lowest BCUT2D eigenvalue weighted by Gasteiger charge is -2.40. The van der Waals surface area contributed by atoms with Crippen LogP contribution in [-0.4, -0.2) is 39.1 Å². The third kappa shape index (κ3) is 3.58. The third-order valence-electron chi connectivity index (χ3n) is 4.80. The predicted molar refractivity (Wildman–Crippen MR) is 103 cm³/mol. The molecule has 152 valence electrons. The van der Waals surface area contributed by atoms with E-state index in [1.165, 1.54) is 6.33 Å². The third-order valence-corrected chi connectivity index (χ3v) is 6.28. The molecule has 0 saturated carbocycles. The molecule has 0 aromatic carbocycles. The number of nitrogens with two attached hydrogens (primary N) is 1. The Morgan fingerprint density at radius 2 is 2.38 bits per heavy atom. The number of rotatable bonds is 5. The van der Waals surface area contributed by atoms with Crippen molar-refractivity contribution < 1.29 is 18.3 Å². The van der Waals surface area contributed by atoms with Gasteiger partial charge in [-0.2, -0.15) is 10.2 Å². The minimum atomic E-state index is -3.55. The van der Waals surface area contributed by atoms with Crippen LogP contribution in [0.1, 0.15) is 13.3 Å². The highest BCUT2D eigenvalue weighted by Gasteiger charge is 2.46. The summed E-state index contributed by atoms with van der Waals surface area (Å²) in [5, 5.41) is 9.31. The van der Waals surface area contributed by atoms with Crippen LogP contribution in [0.4, 0.5) is 5.95 Å². The molecule has 11 nitrogen and oxygen atoms in total. The SMILES string of the molecule is CC12CC=CC(C#N)=C1OP(=O)(COCCn1cnc3c(=O)[nH]c(N)nc31)OC2. The number of anilines is 1. The van der Waals surface area contributed by atoms with Gasteiger partial charge in [0.15, 0.2) is 17.5 Å². The Labute approximate surface area is 165 Å². The van der Waals surface area contributed by atoms with Crippen LogP contribution in [0.15, 0.2) is 34.6 Å². The number of hydrogen-bond donors (Lipinski definition) is 2. The van der Waals surface area contributed by atoms with Crippen molar-refractivity contribution in [2.24, 2.45) is 5.41 Å². The average Bonchev–Trinajstić information content (AvgIpc) is 3.08. The van der Waals surface area contributed by atoms with Gasteiger partial charge in [0.25, 0.3) is 5.56 Å². The van der Waals surface area contributed by atoms with Crippen LogP contribution in [0.3, 0.4) is 0 Å². The quantitative estimate of drug-likeness (QED) is 0.544. The number of allylic oxidation sites excluding steroid dienone is 3. The molecule has 0 radical (unpaired) electrons. The number of nitrogen functional groups attached to an aromatic ring is 1. The van der Waals surface area contributed by atoms with Crippen LogP contribution >= 0.6 is 7.60 Å². The van der Waals surface area contributed by atoms with Gasteiger partial charge in [0, 0.05) is 6.54 Å². The molecule has 2 aromatic rings. The summed E-state index contributed by atoms with van der Waals surface area (Å²) in [7, 11) is -3.55. The van der Waals surface area contributed by atoms with Crippen LogP contribution in [-0.2, 0) is 24.9 Å². The summed E-state index contributed by atoms with van der Waals surface area (Å²) in [6.07, 6.45) is 5.37. The topological polar surface area (TPSA) is 158 Å². The van der Waals surface area contributed by atoms with Gasteiger partial charge < -0.3 is 19.6 Å². The van der Waals surface area contributed by atoms with Crippen LogP contribution in [0.25, 0.3) is 11.2 Å². The molecule has 0 amide bonds. The molecule has 3 N–H and O–H groups in total. The molecule has 0 spiro atoms. The molecule has 3 heterocycles. The summed E-state index contributed by atoms with van der Waals surface area (Å²) >= 11 is 0. The first-order chi connectivity index (χ1) is 13.8. The van der Waals surface area contributed by atoms with Crippen molar-refractivity contribution in [3.8, 4) is 6.07 Å². The Morgan fingerprint density at radius 1 is 1.55 bits per heavy atom. The van der Waals surface area contributed by atoms with Gasteiger partial charge in [-0.25, -0.2) is 9.55 Å². The molecule has 1 aliphatic heterocycles. The van der Waals surface area contributed by atoms with Gasteiger partial charge in [0.2, 0.25) is 5.95 Å². The minimum absolute atomic E-state index is 0.00948. The van der Waals surface area contributed by atoms with Crippen LogP contribution in [0.2, 0.25) is 0 Å². The van der Waals surface area contributed by atoms with Gasteiger partial charge in [0.1, 0.15) is 11.8 Å². The van der Waals surface area contributed by atoms with E-state index in [1.54, 1.807) is 10.6 Å². The molecular formula is C17H19N6O5P. The van der Waals surface area contributed by atoms with Gasteiger partial charge in [-0.1, -0.05) is 6.08 Å². The van der Waals surface area contributed by atoms with Gasteiger partial charge in [-0.3, -0.25) is 14.3 Å². The molecule has 2 unspecified atom stereocenters. The first-order valence-electron chi connectivity index (χ1n) is 8.86. The molecule has 1 fully saturated rings. The number of fused-ring (bicyclic) bond motifs is 2. The Balaban J connectivity index is 1.41. The second-order valence-corrected chi connectivity index (χ2v) is 9.02. The standard InChI is InChI=1S/C17H19N6O5P/c1-17-4-2-3-11(7-18)13(17)28-29(25,27-8-17)10-26-6-5-23-9-20-12-14(23)21-16(19)22-15(12)24/h2-3,9H,4-6,8,10H2,1H3,(H3,19,21,22,24). The number of aromatic amines is 1. The van der Waals surface area contributed by atoms with E-state index in [2.05, 4.69) is 21.0 Å². The Kier molecular flexibility index (Phi) is 4.78. The molecule has 1 aliphatic carbocycles. The highest BCUT2D eigenvalue weighted by Crippen LogP contribution is 2.60. The van der Waals surface area contributed by atoms with E-state index in [1.807, 2.05) is 13.0 Å². The lowest BCUT2D eigenvalue weighted by Crippen LogP contribution is -2.33. The van der Waals surface area contributed by atoms with Crippen molar-refractivity contribution >= 4 is 24.7 Å². The maximum absolute atomic E-state index is 12.9. The average molecular weight is 418 g/mol. The predicted octanol–water partition coefficient (Wildman–Crippen LogP) is 1.66. The first kappa shape index (κ1) is 19.4. The van der Waals surface area contributed by atoms with Crippen molar-refractivity contribution in [3.05, 3.63) is 40.2 Å². The Morgan fingerprint density at radius 3 is 3.17 bits per heavy atom. The number of H-pyrrole nitrogens is 1. The molecule has 1 saturated heterocycles. The molecule has 2 aliphatic rings. The smallest absolute Gasteiger partial charge is 0.404 e. The number of ether oxygens (including phenoxy) is 1. The molecule has 29 heavy (non-hydrogen) atoms. The highest BCUT2D eigenvalue weighted by molar-refractivity contribution is 7.53. The van der Waals surface area contributed by atoms with E-state index < -0.39 is 18.6 Å². The largest absolute Gasteiger partial charge is 0.425 e. The van der Waals surface area contributed by atoms with E-state index in [0.29, 0.717) is 29.9 Å². The number of hydrogen-bond acceptors (Lipinski definition) is 9. The van der Waals surface area contributed by atoms with E-state index in [0.717, 1.165) is 0 Å². The number of nitrogens with zero attached hydrogens (tertiary/aromatic N) is 4. The zero-order chi connectivity index (χ0) is 20.6. The molecule has 2 aromatic heterocycles. The molecule has 12 heteroatoms. The summed E-state index contributed by atoms with van der Waals surface area (Å²) in [5.74, 6) is 0.380. The maximum Gasteiger partial charge on any atom is 0.404 e. The fourth-order valence-electron chi connectivity index (χ4n) is 3.25. The molecule has 2 atom stereocenters. The fraction of sp³-hybridized carbons (Fsp3) is 0.412. The zero-order valence-corrected chi connectivity index (χ0v) is 16.5. The summed E-state index contributed by atoms with van der Waals surface area (Å²) in [4.78, 5) is 22.3. The van der Waals surface area contributed by atoms with Crippen molar-refractivity contribution in [1.82, 2.24) is 19.5 Å². The zero-order valence-electron chi connectivity index (χ0n) is 15.6. The van der Waals surface area contributed by atoms with E-state index in [4.69, 9.17) is 19.5 Å². The second-order valence-electron chi connectivity index (χ2n) is 7.10. The maximum atomic E-state index is 12.9. The molecule has 0 bridgehead atoms. The van der Waals surface area contributed by atoms with Crippen molar-refractivity contribution in [2.75, 3.05) is 25.3 Å². The summed E-state index contributed by atoms with van der Waals surface area (Å²) < 4.78 is 31.2. The van der Waals surface area contributed by atoms with Crippen molar-refractivity contribution in [3.63, 3.8) is 0 Å². The van der Waals surface area contributed by atoms with Gasteiger partial charge >= 0.3 is 7.60 Å². The lowest BCUT2D eigenvalue weighted by molar-refractivity contribution is 0.0597. The number of nitriles is 1. The monoisotopic (exact) mass is 418 g/mol. The van der Waals surface area contributed by atoms with Gasteiger partial charge in [-0.15, -0.1) is 0 Å². The summed E-state index contributed by atoms with van der Waals surface area (Å²) in [6.45, 7) is 2.53. The second kappa shape index (κ2) is 7.15. The Hall–Kier alpha value is -2.93. The highest BCUT2D eigenvalue weighted by atomic mass is 31.2. The number of imidazole rings is 1. The van der Waals surface area contributed by atoms with Crippen molar-refractivity contribution in [1.29, 1.82) is 5.26 Å².